The number of aryl methyl sites for hydroxylation is 2. The summed E-state index contributed by atoms with van der Waals surface area (Å²) in [5.74, 6) is 2.59. The molecule has 4 heteroatoms. The van der Waals surface area contributed by atoms with Gasteiger partial charge >= 0.3 is 0 Å². The van der Waals surface area contributed by atoms with E-state index in [1.807, 2.05) is 38.5 Å². The number of nitrogens with zero attached hydrogens (tertiary/aromatic N) is 2. The minimum Gasteiger partial charge on any atom is -0.388 e. The standard InChI is InChI=1S/C29H32N2O2/c1-19(2)27-11-22-12-28(14-27,23-7-5-20(3)9-25(23)32-17-30)16-29(13-22,15-27)24-8-6-21(4)10-26(24)33-18-31/h5-10,19,22H,11-16H2,1-4H3. The predicted octanol–water partition coefficient (Wildman–Crippen LogP) is 6.84. The molecule has 0 amide bonds. The number of nitriles is 2. The van der Waals surface area contributed by atoms with Gasteiger partial charge in [0.1, 0.15) is 11.5 Å². The predicted molar refractivity (Wildman–Crippen MR) is 127 cm³/mol. The third-order valence-electron chi connectivity index (χ3n) is 9.06. The Labute approximate surface area is 197 Å². The van der Waals surface area contributed by atoms with E-state index in [-0.39, 0.29) is 16.2 Å². The van der Waals surface area contributed by atoms with E-state index in [4.69, 9.17) is 9.47 Å². The van der Waals surface area contributed by atoms with Crippen LogP contribution in [0.15, 0.2) is 36.4 Å². The van der Waals surface area contributed by atoms with Gasteiger partial charge < -0.3 is 9.47 Å². The van der Waals surface area contributed by atoms with Crippen LogP contribution in [-0.2, 0) is 10.8 Å². The lowest BCUT2D eigenvalue weighted by Gasteiger charge is -2.68. The van der Waals surface area contributed by atoms with Gasteiger partial charge in [0.05, 0.1) is 0 Å². The van der Waals surface area contributed by atoms with Crippen LogP contribution in [0.2, 0.25) is 0 Å². The van der Waals surface area contributed by atoms with E-state index < -0.39 is 0 Å². The van der Waals surface area contributed by atoms with Crippen LogP contribution in [0.5, 0.6) is 11.5 Å². The molecule has 4 fully saturated rings. The van der Waals surface area contributed by atoms with Crippen LogP contribution >= 0.6 is 0 Å². The molecule has 2 aromatic carbocycles. The minimum absolute atomic E-state index is 0.0433. The molecule has 4 aliphatic carbocycles. The van der Waals surface area contributed by atoms with Crippen LogP contribution < -0.4 is 9.47 Å². The molecule has 0 saturated heterocycles. The second-order valence-electron chi connectivity index (χ2n) is 11.5. The lowest BCUT2D eigenvalue weighted by molar-refractivity contribution is -0.113. The maximum atomic E-state index is 9.39. The summed E-state index contributed by atoms with van der Waals surface area (Å²) >= 11 is 0. The van der Waals surface area contributed by atoms with Crippen molar-refractivity contribution in [1.82, 2.24) is 0 Å². The highest BCUT2D eigenvalue weighted by Crippen LogP contribution is 2.73. The van der Waals surface area contributed by atoms with Gasteiger partial charge in [0.2, 0.25) is 0 Å². The Morgan fingerprint density at radius 1 is 0.788 bits per heavy atom. The molecule has 6 rings (SSSR count). The van der Waals surface area contributed by atoms with Crippen LogP contribution in [0, 0.1) is 54.1 Å². The normalized spacial score (nSPS) is 31.8. The van der Waals surface area contributed by atoms with E-state index in [1.54, 1.807) is 0 Å². The van der Waals surface area contributed by atoms with E-state index in [2.05, 4.69) is 38.1 Å². The molecule has 4 aliphatic rings. The maximum Gasteiger partial charge on any atom is 0.292 e. The van der Waals surface area contributed by atoms with E-state index in [0.29, 0.717) is 23.3 Å². The second-order valence-corrected chi connectivity index (χ2v) is 11.5. The molecule has 0 spiro atoms. The van der Waals surface area contributed by atoms with Gasteiger partial charge in [0, 0.05) is 22.0 Å². The molecule has 170 valence electrons. The molecule has 0 aromatic heterocycles. The Balaban J connectivity index is 1.72. The van der Waals surface area contributed by atoms with E-state index in [1.165, 1.54) is 17.5 Å². The molecule has 2 aromatic rings. The summed E-state index contributed by atoms with van der Waals surface area (Å²) in [5, 5.41) is 18.8. The van der Waals surface area contributed by atoms with Gasteiger partial charge in [-0.3, -0.25) is 0 Å². The van der Waals surface area contributed by atoms with Crippen LogP contribution in [0.25, 0.3) is 0 Å². The van der Waals surface area contributed by atoms with Gasteiger partial charge in [-0.15, -0.1) is 10.5 Å². The fourth-order valence-corrected chi connectivity index (χ4v) is 8.16. The molecular weight excluding hydrogens is 408 g/mol. The topological polar surface area (TPSA) is 66.0 Å². The summed E-state index contributed by atoms with van der Waals surface area (Å²) in [5.41, 5.74) is 4.71. The van der Waals surface area contributed by atoms with Crippen LogP contribution in [-0.4, -0.2) is 0 Å². The molecule has 2 unspecified atom stereocenters. The number of hydrogen-bond donors (Lipinski definition) is 0. The van der Waals surface area contributed by atoms with Gasteiger partial charge in [-0.1, -0.05) is 38.1 Å². The first-order chi connectivity index (χ1) is 15.7. The fourth-order valence-electron chi connectivity index (χ4n) is 8.16. The molecule has 4 nitrogen and oxygen atoms in total. The third-order valence-corrected chi connectivity index (χ3v) is 9.06. The Bertz CT molecular complexity index is 1100. The van der Waals surface area contributed by atoms with Crippen LogP contribution in [0.1, 0.15) is 74.6 Å². The highest BCUT2D eigenvalue weighted by atomic mass is 16.5. The molecule has 0 heterocycles. The van der Waals surface area contributed by atoms with E-state index in [0.717, 1.165) is 43.2 Å². The van der Waals surface area contributed by atoms with Gasteiger partial charge in [0.15, 0.2) is 0 Å². The van der Waals surface area contributed by atoms with Crippen molar-refractivity contribution in [3.05, 3.63) is 58.7 Å². The third kappa shape index (κ3) is 3.31. The minimum atomic E-state index is -0.0433. The van der Waals surface area contributed by atoms with Crippen LogP contribution in [0.4, 0.5) is 0 Å². The number of benzene rings is 2. The summed E-state index contributed by atoms with van der Waals surface area (Å²) < 4.78 is 11.1. The number of hydrogen-bond acceptors (Lipinski definition) is 4. The largest absolute Gasteiger partial charge is 0.388 e. The maximum absolute atomic E-state index is 9.39. The molecule has 0 aliphatic heterocycles. The quantitative estimate of drug-likeness (QED) is 0.477. The van der Waals surface area contributed by atoms with Crippen molar-refractivity contribution >= 4 is 0 Å². The Morgan fingerprint density at radius 3 is 1.70 bits per heavy atom. The van der Waals surface area contributed by atoms with Crippen molar-refractivity contribution in [3.63, 3.8) is 0 Å². The molecule has 0 N–H and O–H groups in total. The van der Waals surface area contributed by atoms with E-state index >= 15 is 0 Å². The zero-order valence-electron chi connectivity index (χ0n) is 20.1. The van der Waals surface area contributed by atoms with Crippen molar-refractivity contribution < 1.29 is 9.47 Å². The van der Waals surface area contributed by atoms with Crippen molar-refractivity contribution in [1.29, 1.82) is 10.5 Å². The lowest BCUT2D eigenvalue weighted by Crippen LogP contribution is -2.61. The zero-order valence-corrected chi connectivity index (χ0v) is 20.1. The SMILES string of the molecule is Cc1ccc(C23CC4CC(c5ccc(C)cc5OC#N)(C2)CC(C(C)C)(C4)C3)c(OC#N)c1. The van der Waals surface area contributed by atoms with Crippen molar-refractivity contribution in [2.75, 3.05) is 0 Å². The Morgan fingerprint density at radius 2 is 1.27 bits per heavy atom. The number of rotatable bonds is 5. The number of ether oxygens (including phenoxy) is 2. The monoisotopic (exact) mass is 440 g/mol. The smallest absolute Gasteiger partial charge is 0.292 e. The molecule has 0 radical (unpaired) electrons. The van der Waals surface area contributed by atoms with Gasteiger partial charge in [-0.25, -0.2) is 0 Å². The first-order valence-electron chi connectivity index (χ1n) is 12.1. The summed E-state index contributed by atoms with van der Waals surface area (Å²) in [6, 6.07) is 12.8. The first kappa shape index (κ1) is 21.8. The molecular formula is C29H32N2O2. The summed E-state index contributed by atoms with van der Waals surface area (Å²) in [6.07, 6.45) is 10.6. The van der Waals surface area contributed by atoms with Gasteiger partial charge in [-0.05, 0) is 92.9 Å². The molecule has 4 bridgehead atoms. The van der Waals surface area contributed by atoms with Crippen molar-refractivity contribution in [3.8, 4) is 24.0 Å². The van der Waals surface area contributed by atoms with E-state index in [9.17, 15) is 10.5 Å². The first-order valence-corrected chi connectivity index (χ1v) is 12.1. The fraction of sp³-hybridized carbons (Fsp3) is 0.517. The summed E-state index contributed by atoms with van der Waals surface area (Å²) in [6.45, 7) is 8.83. The summed E-state index contributed by atoms with van der Waals surface area (Å²) in [7, 11) is 0. The van der Waals surface area contributed by atoms with Gasteiger partial charge in [-0.2, -0.15) is 0 Å². The average molecular weight is 441 g/mol. The Kier molecular flexibility index (Phi) is 4.98. The summed E-state index contributed by atoms with van der Waals surface area (Å²) in [4.78, 5) is 0. The lowest BCUT2D eigenvalue weighted by atomic mass is 9.36. The molecule has 33 heavy (non-hydrogen) atoms. The van der Waals surface area contributed by atoms with Crippen molar-refractivity contribution in [2.24, 2.45) is 17.3 Å². The highest BCUT2D eigenvalue weighted by molar-refractivity contribution is 5.50. The average Bonchev–Trinajstić information content (AvgIpc) is 2.73. The molecule has 2 atom stereocenters. The van der Waals surface area contributed by atoms with Crippen molar-refractivity contribution in [2.45, 2.75) is 77.0 Å². The highest BCUT2D eigenvalue weighted by Gasteiger charge is 2.65. The Hall–Kier alpha value is -2.98. The molecule has 4 saturated carbocycles. The zero-order chi connectivity index (χ0) is 23.4. The second kappa shape index (κ2) is 7.53. The van der Waals surface area contributed by atoms with Gasteiger partial charge in [0.25, 0.3) is 12.5 Å². The van der Waals surface area contributed by atoms with Crippen LogP contribution in [0.3, 0.4) is 0 Å².